The molecule has 0 amide bonds. The van der Waals surface area contributed by atoms with E-state index in [9.17, 15) is 13.2 Å². The van der Waals surface area contributed by atoms with Crippen LogP contribution in [0.3, 0.4) is 0 Å². The van der Waals surface area contributed by atoms with Gasteiger partial charge in [-0.1, -0.05) is 24.3 Å². The molecule has 0 bridgehead atoms. The lowest BCUT2D eigenvalue weighted by atomic mass is 10.0. The zero-order valence-electron chi connectivity index (χ0n) is 22.7. The number of nitrogens with two attached hydrogens (primary N) is 1. The van der Waals surface area contributed by atoms with Gasteiger partial charge < -0.3 is 30.5 Å². The number of nitrogens with one attached hydrogen (secondary N) is 2. The summed E-state index contributed by atoms with van der Waals surface area (Å²) >= 11 is 0. The highest BCUT2D eigenvalue weighted by atomic mass is 19.4. The van der Waals surface area contributed by atoms with E-state index in [0.29, 0.717) is 42.0 Å². The topological polar surface area (TPSA) is 136 Å². The summed E-state index contributed by atoms with van der Waals surface area (Å²) in [5, 5.41) is 11.2. The van der Waals surface area contributed by atoms with Crippen LogP contribution in [0.1, 0.15) is 60.3 Å². The van der Waals surface area contributed by atoms with E-state index < -0.39 is 11.9 Å². The number of rotatable bonds is 10. The average molecular weight is 569 g/mol. The van der Waals surface area contributed by atoms with Crippen molar-refractivity contribution in [3.8, 4) is 17.3 Å². The molecule has 0 radical (unpaired) electrons. The van der Waals surface area contributed by atoms with Gasteiger partial charge in [0.2, 0.25) is 5.88 Å². The molecule has 4 N–H and O–H groups in total. The van der Waals surface area contributed by atoms with Gasteiger partial charge in [0.15, 0.2) is 5.69 Å². The Morgan fingerprint density at radius 3 is 2.56 bits per heavy atom. The summed E-state index contributed by atoms with van der Waals surface area (Å²) in [4.78, 5) is 17.3. The summed E-state index contributed by atoms with van der Waals surface area (Å²) in [7, 11) is 1.56. The van der Waals surface area contributed by atoms with Gasteiger partial charge in [0.05, 0.1) is 50.2 Å². The zero-order chi connectivity index (χ0) is 29.1. The van der Waals surface area contributed by atoms with Crippen molar-refractivity contribution in [2.24, 2.45) is 10.7 Å². The standard InChI is InChI=1S/C28H31F3N8O2/c1-16(23-24(18-7-8-18)35-15-36-27(23)40-2)37-25(20(9-32)10-33)34-11-17-3-5-19(6-4-17)26-38-22(28(29,30)31)12-39(26)21-13-41-14-21/h3-6,9-10,12,15-16,18,21,32H,7-8,11,13-14,33H2,1-2H3,(H,34,37)/b20-10-,32-9?. The number of aromatic nitrogens is 4. The van der Waals surface area contributed by atoms with E-state index in [2.05, 4.69) is 20.3 Å². The minimum absolute atomic E-state index is 0.190. The van der Waals surface area contributed by atoms with Crippen LogP contribution < -0.4 is 15.8 Å². The van der Waals surface area contributed by atoms with Gasteiger partial charge in [-0.25, -0.2) is 15.0 Å². The highest BCUT2D eigenvalue weighted by Gasteiger charge is 2.37. The second-order valence-corrected chi connectivity index (χ2v) is 10.00. The van der Waals surface area contributed by atoms with E-state index in [0.717, 1.165) is 42.1 Å². The number of imidazole rings is 1. The zero-order valence-corrected chi connectivity index (χ0v) is 22.7. The fraction of sp³-hybridized carbons (Fsp3) is 0.393. The van der Waals surface area contributed by atoms with Crippen LogP contribution in [-0.2, 0) is 17.5 Å². The summed E-state index contributed by atoms with van der Waals surface area (Å²) in [5.41, 5.74) is 8.38. The Balaban J connectivity index is 1.38. The van der Waals surface area contributed by atoms with Gasteiger partial charge in [0, 0.05) is 35.7 Å². The number of methoxy groups -OCH3 is 1. The second-order valence-electron chi connectivity index (χ2n) is 10.00. The Morgan fingerprint density at radius 2 is 2.00 bits per heavy atom. The predicted octanol–water partition coefficient (Wildman–Crippen LogP) is 4.56. The quantitative estimate of drug-likeness (QED) is 0.241. The molecule has 1 aliphatic heterocycles. The molecule has 1 saturated heterocycles. The lowest BCUT2D eigenvalue weighted by molar-refractivity contribution is -0.141. The smallest absolute Gasteiger partial charge is 0.434 e. The fourth-order valence-corrected chi connectivity index (χ4v) is 4.67. The fourth-order valence-electron chi connectivity index (χ4n) is 4.67. The van der Waals surface area contributed by atoms with Gasteiger partial charge in [0.1, 0.15) is 18.0 Å². The van der Waals surface area contributed by atoms with Gasteiger partial charge in [-0.15, -0.1) is 0 Å². The Labute approximate surface area is 235 Å². The molecule has 216 valence electrons. The summed E-state index contributed by atoms with van der Waals surface area (Å²) in [5.74, 6) is 1.48. The SMILES string of the molecule is COc1ncnc(C2CC2)c1C(C)NC(=NCc1ccc(-c2nc(C(F)(F)F)cn2C2COC2)cc1)/C(C=N)=C\N. The molecule has 2 aromatic heterocycles. The normalized spacial score (nSPS) is 17.2. The molecule has 2 fully saturated rings. The molecule has 41 heavy (non-hydrogen) atoms. The summed E-state index contributed by atoms with van der Waals surface area (Å²) in [6.07, 6.45) is 2.52. The van der Waals surface area contributed by atoms with E-state index in [1.54, 1.807) is 31.4 Å². The Kier molecular flexibility index (Phi) is 8.06. The molecular formula is C28H31F3N8O2. The number of hydrogen-bond donors (Lipinski definition) is 3. The molecular weight excluding hydrogens is 537 g/mol. The van der Waals surface area contributed by atoms with Gasteiger partial charge in [0.25, 0.3) is 0 Å². The number of amidine groups is 1. The Hall–Kier alpha value is -4.26. The van der Waals surface area contributed by atoms with E-state index in [4.69, 9.17) is 25.6 Å². The molecule has 1 unspecified atom stereocenters. The first kappa shape index (κ1) is 28.3. The number of alkyl halides is 3. The first-order valence-corrected chi connectivity index (χ1v) is 13.2. The van der Waals surface area contributed by atoms with Crippen LogP contribution in [0.2, 0.25) is 0 Å². The average Bonchev–Trinajstić information content (AvgIpc) is 3.69. The van der Waals surface area contributed by atoms with Crippen molar-refractivity contribution in [2.45, 2.75) is 50.5 Å². The highest BCUT2D eigenvalue weighted by molar-refractivity contribution is 6.14. The van der Waals surface area contributed by atoms with Crippen molar-refractivity contribution in [1.82, 2.24) is 24.8 Å². The van der Waals surface area contributed by atoms with Gasteiger partial charge >= 0.3 is 6.18 Å². The third kappa shape index (κ3) is 6.09. The molecule has 1 saturated carbocycles. The van der Waals surface area contributed by atoms with Crippen LogP contribution in [0.15, 0.2) is 53.6 Å². The molecule has 3 heterocycles. The summed E-state index contributed by atoms with van der Waals surface area (Å²) in [6.45, 7) is 2.86. The minimum Gasteiger partial charge on any atom is -0.481 e. The number of aliphatic imine (C=N–C) groups is 1. The van der Waals surface area contributed by atoms with Crippen molar-refractivity contribution in [1.29, 1.82) is 5.41 Å². The monoisotopic (exact) mass is 568 g/mol. The number of nitrogens with zero attached hydrogens (tertiary/aromatic N) is 5. The van der Waals surface area contributed by atoms with Crippen molar-refractivity contribution in [2.75, 3.05) is 20.3 Å². The largest absolute Gasteiger partial charge is 0.481 e. The molecule has 13 heteroatoms. The molecule has 1 aromatic carbocycles. The van der Waals surface area contributed by atoms with Crippen LogP contribution in [0, 0.1) is 5.41 Å². The molecule has 3 aromatic rings. The van der Waals surface area contributed by atoms with Gasteiger partial charge in [-0.05, 0) is 25.3 Å². The van der Waals surface area contributed by atoms with Crippen LogP contribution in [-0.4, -0.2) is 51.9 Å². The summed E-state index contributed by atoms with van der Waals surface area (Å²) < 4.78 is 52.4. The van der Waals surface area contributed by atoms with Gasteiger partial charge in [-0.2, -0.15) is 13.2 Å². The van der Waals surface area contributed by atoms with E-state index in [1.165, 1.54) is 17.1 Å². The number of hydrogen-bond acceptors (Lipinski definition) is 8. The third-order valence-corrected chi connectivity index (χ3v) is 7.10. The Bertz CT molecular complexity index is 1460. The van der Waals surface area contributed by atoms with Crippen molar-refractivity contribution in [3.63, 3.8) is 0 Å². The summed E-state index contributed by atoms with van der Waals surface area (Å²) in [6, 6.07) is 6.55. The van der Waals surface area contributed by atoms with Crippen molar-refractivity contribution >= 4 is 12.1 Å². The molecule has 1 aliphatic carbocycles. The number of halogens is 3. The maximum Gasteiger partial charge on any atom is 0.434 e. The van der Waals surface area contributed by atoms with E-state index in [-0.39, 0.29) is 24.5 Å². The van der Waals surface area contributed by atoms with Crippen LogP contribution in [0.5, 0.6) is 5.88 Å². The van der Waals surface area contributed by atoms with E-state index in [1.807, 2.05) is 6.92 Å². The first-order valence-electron chi connectivity index (χ1n) is 13.2. The van der Waals surface area contributed by atoms with Crippen LogP contribution in [0.4, 0.5) is 13.2 Å². The van der Waals surface area contributed by atoms with Gasteiger partial charge in [-0.3, -0.25) is 4.99 Å². The highest BCUT2D eigenvalue weighted by Crippen LogP contribution is 2.43. The number of benzene rings is 1. The van der Waals surface area contributed by atoms with E-state index >= 15 is 0 Å². The van der Waals surface area contributed by atoms with Crippen LogP contribution in [0.25, 0.3) is 11.4 Å². The lowest BCUT2D eigenvalue weighted by Crippen LogP contribution is -2.30. The molecule has 1 atom stereocenters. The molecule has 2 aliphatic rings. The first-order chi connectivity index (χ1) is 19.7. The predicted molar refractivity (Wildman–Crippen MR) is 147 cm³/mol. The third-order valence-electron chi connectivity index (χ3n) is 7.10. The second kappa shape index (κ2) is 11.7. The molecule has 5 rings (SSSR count). The lowest BCUT2D eigenvalue weighted by Gasteiger charge is -2.28. The van der Waals surface area contributed by atoms with Crippen molar-refractivity contribution < 1.29 is 22.6 Å². The minimum atomic E-state index is -4.54. The van der Waals surface area contributed by atoms with Crippen molar-refractivity contribution in [3.05, 3.63) is 71.1 Å². The maximum absolute atomic E-state index is 13.4. The molecule has 0 spiro atoms. The molecule has 10 nitrogen and oxygen atoms in total. The van der Waals surface area contributed by atoms with Crippen LogP contribution >= 0.6 is 0 Å². The maximum atomic E-state index is 13.4. The number of ether oxygens (including phenoxy) is 2. The Morgan fingerprint density at radius 1 is 1.27 bits per heavy atom.